The van der Waals surface area contributed by atoms with E-state index in [0.717, 1.165) is 5.34 Å². The van der Waals surface area contributed by atoms with Gasteiger partial charge in [0.25, 0.3) is 0 Å². The summed E-state index contributed by atoms with van der Waals surface area (Å²) in [5.41, 5.74) is 5.82. The van der Waals surface area contributed by atoms with E-state index in [1.807, 2.05) is 0 Å². The maximum Gasteiger partial charge on any atom is 0.330 e. The number of nitrogens with two attached hydrogens (primary N) is 1. The number of ether oxygens (including phenoxy) is 1. The van der Waals surface area contributed by atoms with Gasteiger partial charge in [0.2, 0.25) is 0 Å². The number of aromatic hydroxyl groups is 1. The van der Waals surface area contributed by atoms with Gasteiger partial charge in [0.15, 0.2) is 0 Å². The smallest absolute Gasteiger partial charge is 0.330 e. The zero-order chi connectivity index (χ0) is 14.0. The quantitative estimate of drug-likeness (QED) is 0.364. The molecule has 0 spiro atoms. The number of nitrogens with zero attached hydrogens (tertiary/aromatic N) is 2. The molecule has 0 aliphatic rings. The molecule has 0 atom stereocenters. The number of esters is 1. The van der Waals surface area contributed by atoms with Crippen molar-refractivity contribution in [3.05, 3.63) is 34.0 Å². The first-order valence-corrected chi connectivity index (χ1v) is 4.80. The van der Waals surface area contributed by atoms with Gasteiger partial charge in [-0.15, -0.1) is 5.34 Å². The first-order valence-electron chi connectivity index (χ1n) is 4.80. The van der Waals surface area contributed by atoms with Gasteiger partial charge in [-0.1, -0.05) is 0 Å². The van der Waals surface area contributed by atoms with Crippen LogP contribution in [0.15, 0.2) is 23.7 Å². The normalized spacial score (nSPS) is 8.89. The molecule has 0 saturated heterocycles. The molecule has 9 heteroatoms. The fourth-order valence-corrected chi connectivity index (χ4v) is 0.991. The Labute approximate surface area is 134 Å². The SMILES string of the molecule is CCOC(=O)/C=C\c1c(O)ccnc1N.O=N[O-].[Y]. The van der Waals surface area contributed by atoms with Crippen molar-refractivity contribution in [2.24, 2.45) is 5.34 Å². The van der Waals surface area contributed by atoms with Crippen molar-refractivity contribution in [1.29, 1.82) is 0 Å². The fourth-order valence-electron chi connectivity index (χ4n) is 0.991. The van der Waals surface area contributed by atoms with Crippen LogP contribution in [-0.4, -0.2) is 22.7 Å². The van der Waals surface area contributed by atoms with Crippen LogP contribution in [0.25, 0.3) is 6.08 Å². The molecule has 0 bridgehead atoms. The van der Waals surface area contributed by atoms with Crippen molar-refractivity contribution in [1.82, 2.24) is 4.98 Å². The molecule has 0 fully saturated rings. The Morgan fingerprint density at radius 3 is 2.74 bits per heavy atom. The zero-order valence-corrected chi connectivity index (χ0v) is 13.0. The van der Waals surface area contributed by atoms with E-state index in [0.29, 0.717) is 12.2 Å². The van der Waals surface area contributed by atoms with Crippen LogP contribution in [0, 0.1) is 10.1 Å². The molecule has 101 valence electrons. The first-order chi connectivity index (χ1) is 8.56. The van der Waals surface area contributed by atoms with E-state index in [1.165, 1.54) is 24.4 Å². The summed E-state index contributed by atoms with van der Waals surface area (Å²) in [6.07, 6.45) is 3.94. The summed E-state index contributed by atoms with van der Waals surface area (Å²) in [6.45, 7) is 2.01. The average molecular weight is 343 g/mol. The van der Waals surface area contributed by atoms with Crippen LogP contribution in [0.4, 0.5) is 5.82 Å². The number of hydrogen-bond donors (Lipinski definition) is 2. The van der Waals surface area contributed by atoms with Crippen LogP contribution in [0.1, 0.15) is 12.5 Å². The molecular weight excluding hydrogens is 331 g/mol. The van der Waals surface area contributed by atoms with E-state index in [-0.39, 0.29) is 44.3 Å². The second-order valence-electron chi connectivity index (χ2n) is 2.79. The topological polar surface area (TPSA) is 138 Å². The number of anilines is 1. The van der Waals surface area contributed by atoms with Crippen LogP contribution < -0.4 is 5.73 Å². The van der Waals surface area contributed by atoms with Crippen LogP contribution in [-0.2, 0) is 42.2 Å². The standard InChI is InChI=1S/C10H12N2O3.HNO2.Y/c1-2-15-9(14)4-3-7-8(13)5-6-12-10(7)11;2-1-3;/h3-6H,2H2,1H3,(H3,11,12,13);(H,2,3);/p-1/b4-3-;;. The number of pyridine rings is 1. The van der Waals surface area contributed by atoms with E-state index in [9.17, 15) is 9.90 Å². The van der Waals surface area contributed by atoms with Crippen LogP contribution >= 0.6 is 0 Å². The third-order valence-corrected chi connectivity index (χ3v) is 1.67. The molecule has 0 amide bonds. The molecule has 0 aromatic carbocycles. The summed E-state index contributed by atoms with van der Waals surface area (Å²) in [7, 11) is 0. The van der Waals surface area contributed by atoms with E-state index in [4.69, 9.17) is 15.8 Å². The summed E-state index contributed by atoms with van der Waals surface area (Å²) in [5, 5.41) is 18.4. The van der Waals surface area contributed by atoms with Gasteiger partial charge in [-0.3, -0.25) is 0 Å². The monoisotopic (exact) mass is 343 g/mol. The second-order valence-corrected chi connectivity index (χ2v) is 2.79. The Hall–Kier alpha value is -1.54. The minimum Gasteiger partial charge on any atom is -0.507 e. The molecule has 1 aromatic heterocycles. The van der Waals surface area contributed by atoms with Crippen molar-refractivity contribution >= 4 is 17.9 Å². The summed E-state index contributed by atoms with van der Waals surface area (Å²) in [4.78, 5) is 22.8. The van der Waals surface area contributed by atoms with Crippen LogP contribution in [0.2, 0.25) is 0 Å². The minimum absolute atomic E-state index is 0. The second kappa shape index (κ2) is 11.5. The number of rotatable bonds is 3. The average Bonchev–Trinajstić information content (AvgIpc) is 2.30. The molecule has 1 radical (unpaired) electrons. The Morgan fingerprint density at radius 1 is 1.68 bits per heavy atom. The van der Waals surface area contributed by atoms with Crippen molar-refractivity contribution < 1.29 is 47.3 Å². The first kappa shape index (κ1) is 19.8. The zero-order valence-electron chi connectivity index (χ0n) is 10.1. The summed E-state index contributed by atoms with van der Waals surface area (Å²) >= 11 is 0. The van der Waals surface area contributed by atoms with Gasteiger partial charge < -0.3 is 25.7 Å². The van der Waals surface area contributed by atoms with Crippen LogP contribution in [0.5, 0.6) is 5.75 Å². The maximum atomic E-state index is 11.0. The van der Waals surface area contributed by atoms with Crippen molar-refractivity contribution in [3.63, 3.8) is 0 Å². The van der Waals surface area contributed by atoms with E-state index < -0.39 is 5.97 Å². The molecular formula is C10H12N3O5Y-. The molecule has 0 aliphatic carbocycles. The van der Waals surface area contributed by atoms with E-state index in [2.05, 4.69) is 9.72 Å². The predicted octanol–water partition coefficient (Wildman–Crippen LogP) is 1.19. The Kier molecular flexibility index (Phi) is 12.0. The Balaban J connectivity index is 0. The number of carbonyl (C=O) groups is 1. The largest absolute Gasteiger partial charge is 0.507 e. The third kappa shape index (κ3) is 8.22. The molecule has 1 rings (SSSR count). The number of carbonyl (C=O) groups excluding carboxylic acids is 1. The Morgan fingerprint density at radius 2 is 2.26 bits per heavy atom. The molecule has 3 N–H and O–H groups in total. The van der Waals surface area contributed by atoms with Gasteiger partial charge in [0.1, 0.15) is 11.6 Å². The number of nitrogen functional groups attached to an aromatic ring is 1. The summed E-state index contributed by atoms with van der Waals surface area (Å²) < 4.78 is 4.67. The van der Waals surface area contributed by atoms with Gasteiger partial charge in [-0.25, -0.2) is 9.78 Å². The number of hydrogen-bond acceptors (Lipinski definition) is 8. The van der Waals surface area contributed by atoms with Gasteiger partial charge >= 0.3 is 5.97 Å². The molecule has 0 unspecified atom stereocenters. The Bertz CT molecular complexity index is 419. The molecule has 1 heterocycles. The maximum absolute atomic E-state index is 11.0. The minimum atomic E-state index is -0.486. The predicted molar refractivity (Wildman–Crippen MR) is 65.1 cm³/mol. The van der Waals surface area contributed by atoms with E-state index >= 15 is 0 Å². The van der Waals surface area contributed by atoms with Crippen LogP contribution in [0.3, 0.4) is 0 Å². The van der Waals surface area contributed by atoms with E-state index in [1.54, 1.807) is 6.92 Å². The third-order valence-electron chi connectivity index (χ3n) is 1.67. The van der Waals surface area contributed by atoms with Gasteiger partial charge in [0, 0.05) is 45.0 Å². The van der Waals surface area contributed by atoms with Crippen molar-refractivity contribution in [3.8, 4) is 5.75 Å². The molecule has 19 heavy (non-hydrogen) atoms. The molecule has 1 aromatic rings. The molecule has 0 aliphatic heterocycles. The summed E-state index contributed by atoms with van der Waals surface area (Å²) in [5.74, 6) is -0.348. The van der Waals surface area contributed by atoms with Gasteiger partial charge in [-0.05, 0) is 19.1 Å². The number of aromatic nitrogens is 1. The molecule has 0 saturated carbocycles. The molecule has 8 nitrogen and oxygen atoms in total. The van der Waals surface area contributed by atoms with Crippen molar-refractivity contribution in [2.75, 3.05) is 12.3 Å². The van der Waals surface area contributed by atoms with Crippen molar-refractivity contribution in [2.45, 2.75) is 6.92 Å². The van der Waals surface area contributed by atoms with Gasteiger partial charge in [0.05, 0.1) is 12.2 Å². The fraction of sp³-hybridized carbons (Fsp3) is 0.200. The summed E-state index contributed by atoms with van der Waals surface area (Å²) in [6, 6.07) is 1.39. The van der Waals surface area contributed by atoms with Gasteiger partial charge in [-0.2, -0.15) is 0 Å².